The van der Waals surface area contributed by atoms with Gasteiger partial charge in [-0.25, -0.2) is 0 Å². The zero-order valence-electron chi connectivity index (χ0n) is 14.0. The van der Waals surface area contributed by atoms with Crippen molar-refractivity contribution in [1.29, 1.82) is 0 Å². The number of likely N-dealkylation sites (N-methyl/N-ethyl adjacent to an activating group) is 1. The predicted molar refractivity (Wildman–Crippen MR) is 89.1 cm³/mol. The molecule has 5 nitrogen and oxygen atoms in total. The van der Waals surface area contributed by atoms with E-state index in [0.29, 0.717) is 6.61 Å². The third-order valence-electron chi connectivity index (χ3n) is 4.97. The fourth-order valence-electron chi connectivity index (χ4n) is 3.57. The Bertz CT molecular complexity index is 484. The number of likely N-dealkylation sites (tertiary alicyclic amines) is 1. The van der Waals surface area contributed by atoms with Crippen LogP contribution in [0.4, 0.5) is 0 Å². The van der Waals surface area contributed by atoms with Gasteiger partial charge in [0.1, 0.15) is 6.10 Å². The van der Waals surface area contributed by atoms with Crippen LogP contribution in [-0.2, 0) is 9.47 Å². The molecule has 2 aliphatic heterocycles. The summed E-state index contributed by atoms with van der Waals surface area (Å²) in [7, 11) is 1.90. The number of nitrogens with one attached hydrogen (secondary N) is 1. The van der Waals surface area contributed by atoms with Crippen molar-refractivity contribution in [2.45, 2.75) is 50.3 Å². The second kappa shape index (κ2) is 7.73. The number of fused-ring (bicyclic) bond motifs is 1. The van der Waals surface area contributed by atoms with Gasteiger partial charge in [0.2, 0.25) is 0 Å². The van der Waals surface area contributed by atoms with Gasteiger partial charge in [-0.1, -0.05) is 43.7 Å². The largest absolute Gasteiger partial charge is 0.389 e. The molecule has 0 saturated carbocycles. The van der Waals surface area contributed by atoms with Crippen molar-refractivity contribution >= 4 is 0 Å². The lowest BCUT2D eigenvalue weighted by Crippen LogP contribution is -2.68. The van der Waals surface area contributed by atoms with Crippen LogP contribution >= 0.6 is 0 Å². The van der Waals surface area contributed by atoms with Gasteiger partial charge in [0.05, 0.1) is 18.8 Å². The molecule has 2 N–H and O–H groups in total. The molecule has 3 rings (SSSR count). The Morgan fingerprint density at radius 3 is 2.78 bits per heavy atom. The summed E-state index contributed by atoms with van der Waals surface area (Å²) in [5.74, 6) is 0. The van der Waals surface area contributed by atoms with Gasteiger partial charge in [-0.3, -0.25) is 4.90 Å². The highest BCUT2D eigenvalue weighted by molar-refractivity contribution is 5.17. The van der Waals surface area contributed by atoms with Crippen LogP contribution in [0.3, 0.4) is 0 Å². The standard InChI is InChI=1S/C18H28N2O3/c1-3-4-10-20-11-14(19-2)16(21)17-15(20)12-22-18(23-17)13-8-6-5-7-9-13/h5-9,14-19,21H,3-4,10-12H2,1-2H3/t14-,15+,16+,17+,18+/m0/s1. The van der Waals surface area contributed by atoms with E-state index < -0.39 is 12.4 Å². The monoisotopic (exact) mass is 320 g/mol. The fraction of sp³-hybridized carbons (Fsp3) is 0.667. The van der Waals surface area contributed by atoms with Crippen LogP contribution in [-0.4, -0.2) is 61.0 Å². The van der Waals surface area contributed by atoms with Crippen LogP contribution < -0.4 is 5.32 Å². The first-order chi connectivity index (χ1) is 11.2. The van der Waals surface area contributed by atoms with Crippen molar-refractivity contribution in [1.82, 2.24) is 10.2 Å². The van der Waals surface area contributed by atoms with E-state index in [1.807, 2.05) is 37.4 Å². The van der Waals surface area contributed by atoms with Crippen LogP contribution in [0.5, 0.6) is 0 Å². The lowest BCUT2D eigenvalue weighted by molar-refractivity contribution is -0.278. The molecule has 128 valence electrons. The molecule has 5 heteroatoms. The average molecular weight is 320 g/mol. The maximum absolute atomic E-state index is 10.7. The van der Waals surface area contributed by atoms with Gasteiger partial charge < -0.3 is 19.9 Å². The first-order valence-corrected chi connectivity index (χ1v) is 8.66. The minimum Gasteiger partial charge on any atom is -0.389 e. The Labute approximate surface area is 138 Å². The SMILES string of the molecule is CCCCN1C[C@H](NC)[C@@H](O)[C@@H]2O[C@H](c3ccccc3)OC[C@H]21. The molecule has 23 heavy (non-hydrogen) atoms. The molecule has 5 atom stereocenters. The Balaban J connectivity index is 1.75. The van der Waals surface area contributed by atoms with E-state index in [2.05, 4.69) is 17.1 Å². The van der Waals surface area contributed by atoms with Crippen LogP contribution in [0.15, 0.2) is 30.3 Å². The number of aliphatic hydroxyl groups is 1. The van der Waals surface area contributed by atoms with E-state index in [1.54, 1.807) is 0 Å². The van der Waals surface area contributed by atoms with Gasteiger partial charge in [0.15, 0.2) is 6.29 Å². The Kier molecular flexibility index (Phi) is 5.67. The molecule has 2 saturated heterocycles. The summed E-state index contributed by atoms with van der Waals surface area (Å²) in [5.41, 5.74) is 1.00. The molecule has 2 heterocycles. The second-order valence-corrected chi connectivity index (χ2v) is 6.48. The first-order valence-electron chi connectivity index (χ1n) is 8.66. The molecule has 0 radical (unpaired) electrons. The number of ether oxygens (including phenoxy) is 2. The maximum Gasteiger partial charge on any atom is 0.184 e. The van der Waals surface area contributed by atoms with E-state index in [4.69, 9.17) is 9.47 Å². The van der Waals surface area contributed by atoms with E-state index in [1.165, 1.54) is 0 Å². The minimum absolute atomic E-state index is 0.0302. The molecule has 2 fully saturated rings. The number of hydrogen-bond donors (Lipinski definition) is 2. The van der Waals surface area contributed by atoms with Gasteiger partial charge in [-0.15, -0.1) is 0 Å². The number of hydrogen-bond acceptors (Lipinski definition) is 5. The third kappa shape index (κ3) is 3.59. The summed E-state index contributed by atoms with van der Waals surface area (Å²) in [6.07, 6.45) is 1.18. The van der Waals surface area contributed by atoms with Crippen LogP contribution in [0.25, 0.3) is 0 Å². The van der Waals surface area contributed by atoms with E-state index in [9.17, 15) is 5.11 Å². The molecule has 1 aromatic rings. The first kappa shape index (κ1) is 16.9. The maximum atomic E-state index is 10.7. The number of aliphatic hydroxyl groups excluding tert-OH is 1. The molecule has 0 aliphatic carbocycles. The molecule has 0 spiro atoms. The van der Waals surface area contributed by atoms with Crippen molar-refractivity contribution in [3.63, 3.8) is 0 Å². The fourth-order valence-corrected chi connectivity index (χ4v) is 3.57. The molecule has 0 aromatic heterocycles. The van der Waals surface area contributed by atoms with Crippen molar-refractivity contribution in [2.24, 2.45) is 0 Å². The molecular formula is C18H28N2O3. The second-order valence-electron chi connectivity index (χ2n) is 6.48. The van der Waals surface area contributed by atoms with Crippen LogP contribution in [0.2, 0.25) is 0 Å². The summed E-state index contributed by atoms with van der Waals surface area (Å²) in [5, 5.41) is 13.9. The van der Waals surface area contributed by atoms with Gasteiger partial charge in [0, 0.05) is 18.2 Å². The zero-order valence-corrected chi connectivity index (χ0v) is 14.0. The normalized spacial score (nSPS) is 35.0. The number of nitrogens with zero attached hydrogens (tertiary/aromatic N) is 1. The number of benzene rings is 1. The van der Waals surface area contributed by atoms with Gasteiger partial charge in [-0.05, 0) is 20.0 Å². The average Bonchev–Trinajstić information content (AvgIpc) is 2.62. The van der Waals surface area contributed by atoms with Gasteiger partial charge in [-0.2, -0.15) is 0 Å². The number of piperidine rings is 1. The van der Waals surface area contributed by atoms with E-state index in [-0.39, 0.29) is 18.2 Å². The molecular weight excluding hydrogens is 292 g/mol. The Hall–Kier alpha value is -0.980. The lowest BCUT2D eigenvalue weighted by atomic mass is 9.91. The zero-order chi connectivity index (χ0) is 16.2. The Morgan fingerprint density at radius 2 is 2.09 bits per heavy atom. The number of rotatable bonds is 5. The molecule has 0 amide bonds. The minimum atomic E-state index is -0.516. The van der Waals surface area contributed by atoms with E-state index in [0.717, 1.165) is 31.5 Å². The molecule has 0 bridgehead atoms. The highest BCUT2D eigenvalue weighted by Crippen LogP contribution is 2.33. The van der Waals surface area contributed by atoms with Crippen LogP contribution in [0.1, 0.15) is 31.6 Å². The topological polar surface area (TPSA) is 54.0 Å². The summed E-state index contributed by atoms with van der Waals surface area (Å²) in [6.45, 7) is 4.65. The molecule has 1 aromatic carbocycles. The highest BCUT2D eigenvalue weighted by atomic mass is 16.7. The van der Waals surface area contributed by atoms with Crippen LogP contribution in [0, 0.1) is 0 Å². The van der Waals surface area contributed by atoms with Crippen molar-refractivity contribution < 1.29 is 14.6 Å². The predicted octanol–water partition coefficient (Wildman–Crippen LogP) is 1.53. The van der Waals surface area contributed by atoms with Crippen molar-refractivity contribution in [3.05, 3.63) is 35.9 Å². The highest BCUT2D eigenvalue weighted by Gasteiger charge is 2.46. The summed E-state index contributed by atoms with van der Waals surface area (Å²) in [4.78, 5) is 2.41. The van der Waals surface area contributed by atoms with Crippen molar-refractivity contribution in [3.8, 4) is 0 Å². The molecule has 0 unspecified atom stereocenters. The summed E-state index contributed by atoms with van der Waals surface area (Å²) >= 11 is 0. The van der Waals surface area contributed by atoms with E-state index >= 15 is 0 Å². The van der Waals surface area contributed by atoms with Crippen molar-refractivity contribution in [2.75, 3.05) is 26.7 Å². The van der Waals surface area contributed by atoms with Gasteiger partial charge >= 0.3 is 0 Å². The Morgan fingerprint density at radius 1 is 1.30 bits per heavy atom. The third-order valence-corrected chi connectivity index (χ3v) is 4.97. The summed E-state index contributed by atoms with van der Waals surface area (Å²) in [6, 6.07) is 10.1. The lowest BCUT2D eigenvalue weighted by Gasteiger charge is -2.50. The quantitative estimate of drug-likeness (QED) is 0.862. The number of unbranched alkanes of at least 4 members (excludes halogenated alkanes) is 1. The van der Waals surface area contributed by atoms with Gasteiger partial charge in [0.25, 0.3) is 0 Å². The summed E-state index contributed by atoms with van der Waals surface area (Å²) < 4.78 is 12.1. The molecule has 2 aliphatic rings. The smallest absolute Gasteiger partial charge is 0.184 e.